The van der Waals surface area contributed by atoms with Crippen molar-refractivity contribution in [1.82, 2.24) is 9.29 Å². The second-order valence-electron chi connectivity index (χ2n) is 6.97. The molecule has 3 rings (SSSR count). The van der Waals surface area contributed by atoms with Gasteiger partial charge in [0.15, 0.2) is 0 Å². The Morgan fingerprint density at radius 2 is 2.29 bits per heavy atom. The van der Waals surface area contributed by atoms with E-state index in [4.69, 9.17) is 9.47 Å². The smallest absolute Gasteiger partial charge is 0.211 e. The maximum atomic E-state index is 12.0. The average molecular weight is 354 g/mol. The van der Waals surface area contributed by atoms with E-state index in [1.165, 1.54) is 6.26 Å². The number of hydrogen-bond donors (Lipinski definition) is 0. The predicted octanol–water partition coefficient (Wildman–Crippen LogP) is 1.74. The van der Waals surface area contributed by atoms with Crippen molar-refractivity contribution in [3.05, 3.63) is 29.6 Å². The highest BCUT2D eigenvalue weighted by molar-refractivity contribution is 7.88. The van der Waals surface area contributed by atoms with E-state index in [2.05, 4.69) is 4.98 Å². The maximum absolute atomic E-state index is 12.0. The fraction of sp³-hybridized carbons (Fsp3) is 0.706. The van der Waals surface area contributed by atoms with Crippen LogP contribution in [0.3, 0.4) is 0 Å². The van der Waals surface area contributed by atoms with E-state index >= 15 is 0 Å². The monoisotopic (exact) mass is 354 g/mol. The molecule has 0 spiro atoms. The Hall–Kier alpha value is -1.02. The van der Waals surface area contributed by atoms with Crippen LogP contribution in [0.25, 0.3) is 0 Å². The predicted molar refractivity (Wildman–Crippen MR) is 91.1 cm³/mol. The molecular formula is C17H26N2O4S. The van der Waals surface area contributed by atoms with Gasteiger partial charge in [0.2, 0.25) is 10.0 Å². The van der Waals surface area contributed by atoms with Crippen LogP contribution >= 0.6 is 0 Å². The minimum absolute atomic E-state index is 0.0784. The largest absolute Gasteiger partial charge is 0.377 e. The lowest BCUT2D eigenvalue weighted by Crippen LogP contribution is -2.57. The van der Waals surface area contributed by atoms with Gasteiger partial charge in [0.25, 0.3) is 0 Å². The quantitative estimate of drug-likeness (QED) is 0.806. The number of sulfonamides is 1. The van der Waals surface area contributed by atoms with Crippen LogP contribution in [0.5, 0.6) is 0 Å². The van der Waals surface area contributed by atoms with Gasteiger partial charge in [-0.1, -0.05) is 6.07 Å². The van der Waals surface area contributed by atoms with Crippen molar-refractivity contribution in [2.75, 3.05) is 32.6 Å². The van der Waals surface area contributed by atoms with Crippen LogP contribution in [0.2, 0.25) is 0 Å². The topological polar surface area (TPSA) is 68.7 Å². The van der Waals surface area contributed by atoms with Crippen LogP contribution in [0.15, 0.2) is 18.2 Å². The number of hydrogen-bond acceptors (Lipinski definition) is 5. The minimum Gasteiger partial charge on any atom is -0.377 e. The molecule has 3 heterocycles. The van der Waals surface area contributed by atoms with Crippen LogP contribution in [0.1, 0.15) is 30.7 Å². The zero-order valence-electron chi connectivity index (χ0n) is 14.4. The molecule has 2 saturated heterocycles. The van der Waals surface area contributed by atoms with Gasteiger partial charge in [0, 0.05) is 30.8 Å². The molecule has 0 N–H and O–H groups in total. The molecule has 24 heavy (non-hydrogen) atoms. The van der Waals surface area contributed by atoms with Gasteiger partial charge in [0.05, 0.1) is 31.3 Å². The van der Waals surface area contributed by atoms with E-state index in [9.17, 15) is 8.42 Å². The first kappa shape index (κ1) is 17.8. The van der Waals surface area contributed by atoms with Crippen LogP contribution in [-0.4, -0.2) is 56.4 Å². The van der Waals surface area contributed by atoms with Crippen molar-refractivity contribution in [3.8, 4) is 0 Å². The molecule has 2 fully saturated rings. The molecule has 6 nitrogen and oxygen atoms in total. The third-order valence-corrected chi connectivity index (χ3v) is 6.26. The lowest BCUT2D eigenvalue weighted by Gasteiger charge is -2.49. The fourth-order valence-corrected chi connectivity index (χ4v) is 4.71. The molecule has 2 aliphatic heterocycles. The highest BCUT2D eigenvalue weighted by atomic mass is 32.2. The summed E-state index contributed by atoms with van der Waals surface area (Å²) in [5, 5.41) is 0. The van der Waals surface area contributed by atoms with Gasteiger partial charge in [-0.15, -0.1) is 0 Å². The van der Waals surface area contributed by atoms with E-state index in [0.29, 0.717) is 26.3 Å². The van der Waals surface area contributed by atoms with E-state index in [1.54, 1.807) is 4.31 Å². The zero-order chi connectivity index (χ0) is 17.2. The second kappa shape index (κ2) is 7.07. The molecule has 0 aromatic carbocycles. The van der Waals surface area contributed by atoms with Crippen LogP contribution in [-0.2, 0) is 26.1 Å². The normalized spacial score (nSPS) is 28.5. The van der Waals surface area contributed by atoms with Crippen LogP contribution < -0.4 is 0 Å². The van der Waals surface area contributed by atoms with Gasteiger partial charge in [-0.3, -0.25) is 4.98 Å². The molecule has 0 radical (unpaired) electrons. The number of nitrogens with zero attached hydrogens (tertiary/aromatic N) is 2. The molecule has 2 atom stereocenters. The molecule has 0 unspecified atom stereocenters. The van der Waals surface area contributed by atoms with Gasteiger partial charge in [-0.25, -0.2) is 12.7 Å². The first-order valence-electron chi connectivity index (χ1n) is 8.46. The Morgan fingerprint density at radius 3 is 3.04 bits per heavy atom. The van der Waals surface area contributed by atoms with Crippen molar-refractivity contribution in [2.24, 2.45) is 5.41 Å². The molecule has 134 valence electrons. The highest BCUT2D eigenvalue weighted by Crippen LogP contribution is 2.41. The van der Waals surface area contributed by atoms with E-state index < -0.39 is 10.0 Å². The van der Waals surface area contributed by atoms with Gasteiger partial charge in [0.1, 0.15) is 0 Å². The fourth-order valence-electron chi connectivity index (χ4n) is 3.78. The molecule has 0 aliphatic carbocycles. The molecule has 0 saturated carbocycles. The summed E-state index contributed by atoms with van der Waals surface area (Å²) >= 11 is 0. The number of fused-ring (bicyclic) bond motifs is 1. The van der Waals surface area contributed by atoms with Crippen molar-refractivity contribution in [2.45, 2.75) is 38.9 Å². The third-order valence-electron chi connectivity index (χ3n) is 5.01. The van der Waals surface area contributed by atoms with Crippen molar-refractivity contribution >= 4 is 10.0 Å². The average Bonchev–Trinajstić information content (AvgIpc) is 2.53. The Kier molecular flexibility index (Phi) is 5.24. The standard InChI is InChI=1S/C17H26N2O4S/c1-14-5-3-6-15(18-14)11-22-13-17-8-4-10-23-16(17)7-9-19(12-17)24(2,20)21/h3,5-6,16H,4,7-13H2,1-2H3/t16-,17+/m1/s1. The zero-order valence-corrected chi connectivity index (χ0v) is 15.2. The molecule has 2 aliphatic rings. The molecule has 7 heteroatoms. The molecule has 0 amide bonds. The molecule has 1 aromatic rings. The first-order valence-corrected chi connectivity index (χ1v) is 10.3. The number of ether oxygens (including phenoxy) is 2. The maximum Gasteiger partial charge on any atom is 0.211 e. The first-order chi connectivity index (χ1) is 11.4. The number of rotatable bonds is 5. The van der Waals surface area contributed by atoms with Gasteiger partial charge in [-0.05, 0) is 38.3 Å². The summed E-state index contributed by atoms with van der Waals surface area (Å²) in [6.45, 7) is 4.67. The van der Waals surface area contributed by atoms with Crippen molar-refractivity contribution in [3.63, 3.8) is 0 Å². The Bertz CT molecular complexity index is 679. The SMILES string of the molecule is Cc1cccc(COC[C@@]23CCCO[C@@H]2CCN(S(C)(=O)=O)C3)n1. The summed E-state index contributed by atoms with van der Waals surface area (Å²) in [7, 11) is -3.19. The Labute approximate surface area is 144 Å². The number of aryl methyl sites for hydroxylation is 1. The van der Waals surface area contributed by atoms with Gasteiger partial charge >= 0.3 is 0 Å². The Balaban J connectivity index is 1.69. The molecular weight excluding hydrogens is 328 g/mol. The molecule has 0 bridgehead atoms. The van der Waals surface area contributed by atoms with E-state index in [0.717, 1.165) is 37.3 Å². The van der Waals surface area contributed by atoms with Crippen LogP contribution in [0.4, 0.5) is 0 Å². The lowest BCUT2D eigenvalue weighted by molar-refractivity contribution is -0.144. The van der Waals surface area contributed by atoms with E-state index in [1.807, 2.05) is 25.1 Å². The van der Waals surface area contributed by atoms with Gasteiger partial charge in [-0.2, -0.15) is 0 Å². The highest BCUT2D eigenvalue weighted by Gasteiger charge is 2.47. The van der Waals surface area contributed by atoms with Gasteiger partial charge < -0.3 is 9.47 Å². The summed E-state index contributed by atoms with van der Waals surface area (Å²) in [4.78, 5) is 4.45. The minimum atomic E-state index is -3.19. The van der Waals surface area contributed by atoms with Crippen LogP contribution in [0, 0.1) is 12.3 Å². The van der Waals surface area contributed by atoms with E-state index in [-0.39, 0.29) is 11.5 Å². The number of pyridine rings is 1. The number of aromatic nitrogens is 1. The summed E-state index contributed by atoms with van der Waals surface area (Å²) < 4.78 is 37.4. The Morgan fingerprint density at radius 1 is 1.46 bits per heavy atom. The molecule has 1 aromatic heterocycles. The summed E-state index contributed by atoms with van der Waals surface area (Å²) in [6.07, 6.45) is 3.97. The number of piperidine rings is 1. The lowest BCUT2D eigenvalue weighted by atomic mass is 9.73. The summed E-state index contributed by atoms with van der Waals surface area (Å²) in [6, 6.07) is 5.87. The summed E-state index contributed by atoms with van der Waals surface area (Å²) in [5.74, 6) is 0. The third kappa shape index (κ3) is 3.96. The van der Waals surface area contributed by atoms with Crippen molar-refractivity contribution in [1.29, 1.82) is 0 Å². The summed E-state index contributed by atoms with van der Waals surface area (Å²) in [5.41, 5.74) is 1.62. The second-order valence-corrected chi connectivity index (χ2v) is 8.96. The van der Waals surface area contributed by atoms with Crippen molar-refractivity contribution < 1.29 is 17.9 Å².